The van der Waals surface area contributed by atoms with Crippen LogP contribution in [-0.2, 0) is 0 Å². The van der Waals surface area contributed by atoms with Gasteiger partial charge in [0.15, 0.2) is 23.1 Å². The van der Waals surface area contributed by atoms with E-state index >= 15 is 4.39 Å². The molecule has 1 aliphatic rings. The summed E-state index contributed by atoms with van der Waals surface area (Å²) in [6, 6.07) is 9.36. The average molecular weight is 451 g/mol. The first kappa shape index (κ1) is 21.5. The summed E-state index contributed by atoms with van der Waals surface area (Å²) in [5.41, 5.74) is 2.23. The van der Waals surface area contributed by atoms with Gasteiger partial charge in [0.2, 0.25) is 5.88 Å². The molecule has 0 atom stereocenters. The van der Waals surface area contributed by atoms with Crippen LogP contribution in [0.3, 0.4) is 0 Å². The molecule has 2 aromatic carbocycles. The monoisotopic (exact) mass is 450 g/mol. The van der Waals surface area contributed by atoms with E-state index in [-0.39, 0.29) is 11.6 Å². The van der Waals surface area contributed by atoms with Crippen molar-refractivity contribution in [2.45, 2.75) is 25.8 Å². The predicted molar refractivity (Wildman–Crippen MR) is 125 cm³/mol. The third-order valence-electron chi connectivity index (χ3n) is 6.34. The Labute approximate surface area is 191 Å². The lowest BCUT2D eigenvalue weighted by Gasteiger charge is -2.39. The number of fused-ring (bicyclic) bond motifs is 2. The SMILES string of the molecule is COc1cc2c(Oc3ccc4[nH]c(C)cc4c3F)ncnc2cc1OC[C@H]1C[C@H](N(C)C)C1. The van der Waals surface area contributed by atoms with Crippen LogP contribution in [0.4, 0.5) is 4.39 Å². The van der Waals surface area contributed by atoms with Crippen molar-refractivity contribution in [3.05, 3.63) is 48.2 Å². The molecule has 0 radical (unpaired) electrons. The minimum Gasteiger partial charge on any atom is -0.493 e. The predicted octanol–water partition coefficient (Wildman–Crippen LogP) is 5.08. The number of rotatable bonds is 7. The molecule has 7 nitrogen and oxygen atoms in total. The Morgan fingerprint density at radius 1 is 1.06 bits per heavy atom. The van der Waals surface area contributed by atoms with E-state index in [1.54, 1.807) is 31.4 Å². The normalized spacial score (nSPS) is 18.0. The Kier molecular flexibility index (Phi) is 5.54. The van der Waals surface area contributed by atoms with E-state index < -0.39 is 5.82 Å². The van der Waals surface area contributed by atoms with Gasteiger partial charge in [-0.3, -0.25) is 0 Å². The van der Waals surface area contributed by atoms with Gasteiger partial charge in [-0.25, -0.2) is 14.4 Å². The lowest BCUT2D eigenvalue weighted by atomic mass is 9.80. The molecule has 0 spiro atoms. The fourth-order valence-corrected chi connectivity index (χ4v) is 4.33. The van der Waals surface area contributed by atoms with Gasteiger partial charge in [-0.15, -0.1) is 0 Å². The van der Waals surface area contributed by atoms with E-state index in [9.17, 15) is 0 Å². The number of aromatic amines is 1. The number of aryl methyl sites for hydroxylation is 1. The van der Waals surface area contributed by atoms with Crippen molar-refractivity contribution in [2.75, 3.05) is 27.8 Å². The Balaban J connectivity index is 1.41. The van der Waals surface area contributed by atoms with Crippen molar-refractivity contribution >= 4 is 21.8 Å². The number of aromatic nitrogens is 3. The Morgan fingerprint density at radius 2 is 1.88 bits per heavy atom. The second-order valence-corrected chi connectivity index (χ2v) is 8.86. The number of nitrogens with one attached hydrogen (secondary N) is 1. The first-order valence-corrected chi connectivity index (χ1v) is 11.0. The molecule has 1 saturated carbocycles. The Morgan fingerprint density at radius 3 is 2.64 bits per heavy atom. The maximum atomic E-state index is 15.0. The molecule has 2 heterocycles. The minimum atomic E-state index is -0.438. The van der Waals surface area contributed by atoms with E-state index in [4.69, 9.17) is 14.2 Å². The molecule has 8 heteroatoms. The summed E-state index contributed by atoms with van der Waals surface area (Å²) in [6.45, 7) is 2.51. The molecule has 5 rings (SSSR count). The summed E-state index contributed by atoms with van der Waals surface area (Å²) in [6.07, 6.45) is 3.65. The highest BCUT2D eigenvalue weighted by atomic mass is 19.1. The van der Waals surface area contributed by atoms with Crippen LogP contribution >= 0.6 is 0 Å². The van der Waals surface area contributed by atoms with Gasteiger partial charge < -0.3 is 24.1 Å². The van der Waals surface area contributed by atoms with Crippen molar-refractivity contribution in [1.82, 2.24) is 19.9 Å². The molecule has 0 bridgehead atoms. The molecule has 0 aliphatic heterocycles. The molecule has 1 fully saturated rings. The zero-order valence-electron chi connectivity index (χ0n) is 19.2. The highest BCUT2D eigenvalue weighted by Gasteiger charge is 2.31. The van der Waals surface area contributed by atoms with Gasteiger partial charge in [-0.1, -0.05) is 0 Å². The fourth-order valence-electron chi connectivity index (χ4n) is 4.33. The Hall–Kier alpha value is -3.39. The standard InChI is InChI=1S/C25H27FN4O3/c1-14-7-17-19(29-14)5-6-21(24(17)26)33-25-18-10-22(31-4)23(11-20(18)27-13-28-25)32-12-15-8-16(9-15)30(2)3/h5-7,10-11,13,15-16,29H,8-9,12H2,1-4H3/t15-,16-. The van der Waals surface area contributed by atoms with Crippen LogP contribution in [-0.4, -0.2) is 53.7 Å². The summed E-state index contributed by atoms with van der Waals surface area (Å²) >= 11 is 0. The van der Waals surface area contributed by atoms with Gasteiger partial charge in [0, 0.05) is 28.7 Å². The van der Waals surface area contributed by atoms with Crippen molar-refractivity contribution < 1.29 is 18.6 Å². The van der Waals surface area contributed by atoms with Crippen LogP contribution in [0, 0.1) is 18.7 Å². The molecule has 2 aromatic heterocycles. The fraction of sp³-hybridized carbons (Fsp3) is 0.360. The largest absolute Gasteiger partial charge is 0.493 e. The smallest absolute Gasteiger partial charge is 0.230 e. The number of halogens is 1. The maximum Gasteiger partial charge on any atom is 0.230 e. The summed E-state index contributed by atoms with van der Waals surface area (Å²) < 4.78 is 32.6. The first-order chi connectivity index (χ1) is 15.9. The number of benzene rings is 2. The topological polar surface area (TPSA) is 72.5 Å². The van der Waals surface area contributed by atoms with Gasteiger partial charge in [0.05, 0.1) is 24.6 Å². The van der Waals surface area contributed by atoms with Crippen LogP contribution in [0.2, 0.25) is 0 Å². The first-order valence-electron chi connectivity index (χ1n) is 11.0. The molecule has 33 heavy (non-hydrogen) atoms. The summed E-state index contributed by atoms with van der Waals surface area (Å²) in [5.74, 6) is 1.62. The molecule has 0 unspecified atom stereocenters. The van der Waals surface area contributed by atoms with Gasteiger partial charge in [0.25, 0.3) is 0 Å². The van der Waals surface area contributed by atoms with Gasteiger partial charge >= 0.3 is 0 Å². The van der Waals surface area contributed by atoms with Crippen molar-refractivity contribution in [2.24, 2.45) is 5.92 Å². The summed E-state index contributed by atoms with van der Waals surface area (Å²) in [4.78, 5) is 14.0. The van der Waals surface area contributed by atoms with Crippen molar-refractivity contribution in [3.8, 4) is 23.1 Å². The number of hydrogen-bond acceptors (Lipinski definition) is 6. The molecule has 4 aromatic rings. The number of hydrogen-bond donors (Lipinski definition) is 1. The molecule has 1 aliphatic carbocycles. The molecular weight excluding hydrogens is 423 g/mol. The molecule has 0 amide bonds. The van der Waals surface area contributed by atoms with E-state index in [1.165, 1.54) is 6.33 Å². The lowest BCUT2D eigenvalue weighted by molar-refractivity contribution is 0.0822. The van der Waals surface area contributed by atoms with Crippen LogP contribution < -0.4 is 14.2 Å². The van der Waals surface area contributed by atoms with Crippen molar-refractivity contribution in [3.63, 3.8) is 0 Å². The number of H-pyrrole nitrogens is 1. The van der Waals surface area contributed by atoms with Crippen LogP contribution in [0.15, 0.2) is 36.7 Å². The van der Waals surface area contributed by atoms with Crippen LogP contribution in [0.5, 0.6) is 23.1 Å². The second kappa shape index (κ2) is 8.51. The molecule has 172 valence electrons. The van der Waals surface area contributed by atoms with E-state index in [1.807, 2.05) is 13.0 Å². The zero-order valence-corrected chi connectivity index (χ0v) is 19.2. The zero-order chi connectivity index (χ0) is 23.1. The molecular formula is C25H27FN4O3. The van der Waals surface area contributed by atoms with Crippen molar-refractivity contribution in [1.29, 1.82) is 0 Å². The van der Waals surface area contributed by atoms with E-state index in [0.29, 0.717) is 46.4 Å². The average Bonchev–Trinajstić information content (AvgIpc) is 3.15. The van der Waals surface area contributed by atoms with E-state index in [2.05, 4.69) is 33.9 Å². The summed E-state index contributed by atoms with van der Waals surface area (Å²) in [5, 5.41) is 1.09. The number of methoxy groups -OCH3 is 1. The number of nitrogens with zero attached hydrogens (tertiary/aromatic N) is 3. The van der Waals surface area contributed by atoms with Gasteiger partial charge in [0.1, 0.15) is 6.33 Å². The number of ether oxygens (including phenoxy) is 3. The third-order valence-corrected chi connectivity index (χ3v) is 6.34. The maximum absolute atomic E-state index is 15.0. The second-order valence-electron chi connectivity index (χ2n) is 8.86. The minimum absolute atomic E-state index is 0.0984. The highest BCUT2D eigenvalue weighted by Crippen LogP contribution is 2.38. The molecule has 1 N–H and O–H groups in total. The van der Waals surface area contributed by atoms with Crippen LogP contribution in [0.1, 0.15) is 18.5 Å². The third kappa shape index (κ3) is 4.06. The van der Waals surface area contributed by atoms with Gasteiger partial charge in [-0.2, -0.15) is 0 Å². The molecule has 0 saturated heterocycles. The quantitative estimate of drug-likeness (QED) is 0.423. The Bertz CT molecular complexity index is 1310. The van der Waals surface area contributed by atoms with Crippen LogP contribution in [0.25, 0.3) is 21.8 Å². The highest BCUT2D eigenvalue weighted by molar-refractivity contribution is 5.87. The van der Waals surface area contributed by atoms with Gasteiger partial charge in [-0.05, 0) is 64.0 Å². The lowest BCUT2D eigenvalue weighted by Crippen LogP contribution is -2.42. The van der Waals surface area contributed by atoms with E-state index in [0.717, 1.165) is 24.1 Å². The summed E-state index contributed by atoms with van der Waals surface area (Å²) in [7, 11) is 5.80.